The highest BCUT2D eigenvalue weighted by Gasteiger charge is 2.17. The predicted molar refractivity (Wildman–Crippen MR) is 58.2 cm³/mol. The second kappa shape index (κ2) is 4.21. The number of carbonyl (C=O) groups is 1. The maximum Gasteiger partial charge on any atom is 0.335 e. The summed E-state index contributed by atoms with van der Waals surface area (Å²) in [5, 5.41) is 9.05. The zero-order chi connectivity index (χ0) is 10.8. The van der Waals surface area contributed by atoms with E-state index in [1.54, 1.807) is 16.6 Å². The van der Waals surface area contributed by atoms with Gasteiger partial charge in [-0.2, -0.15) is 0 Å². The van der Waals surface area contributed by atoms with E-state index in [0.717, 1.165) is 24.1 Å². The van der Waals surface area contributed by atoms with E-state index >= 15 is 0 Å². The predicted octanol–water partition coefficient (Wildman–Crippen LogP) is 1.94. The summed E-state index contributed by atoms with van der Waals surface area (Å²) in [5.41, 5.74) is 2.46. The molecule has 1 aromatic carbocycles. The average Bonchev–Trinajstić information content (AvgIpc) is 2.40. The maximum absolute atomic E-state index is 11.0. The summed E-state index contributed by atoms with van der Waals surface area (Å²) in [5.74, 6) is -0.852. The molecule has 1 aromatic rings. The molecule has 4 heteroatoms. The Morgan fingerprint density at radius 3 is 2.80 bits per heavy atom. The van der Waals surface area contributed by atoms with Gasteiger partial charge in [-0.3, -0.25) is 0 Å². The number of fused-ring (bicyclic) bond motifs is 1. The summed E-state index contributed by atoms with van der Waals surface area (Å²) in [4.78, 5) is 11.0. The smallest absolute Gasteiger partial charge is 0.335 e. The molecule has 0 aliphatic carbocycles. The summed E-state index contributed by atoms with van der Waals surface area (Å²) in [6.45, 7) is 1.48. The molecule has 2 rings (SSSR count). The van der Waals surface area contributed by atoms with Crippen molar-refractivity contribution in [3.8, 4) is 0 Å². The van der Waals surface area contributed by atoms with Gasteiger partial charge in [0.15, 0.2) is 0 Å². The number of nitrogens with zero attached hydrogens (tertiary/aromatic N) is 1. The van der Waals surface area contributed by atoms with Crippen molar-refractivity contribution in [3.63, 3.8) is 0 Å². The van der Waals surface area contributed by atoms with Crippen LogP contribution in [-0.4, -0.2) is 28.6 Å². The van der Waals surface area contributed by atoms with Crippen LogP contribution in [0.3, 0.4) is 0 Å². The Morgan fingerprint density at radius 2 is 2.07 bits per heavy atom. The van der Waals surface area contributed by atoms with Gasteiger partial charge in [0, 0.05) is 13.1 Å². The second-order valence-electron chi connectivity index (χ2n) is 3.66. The van der Waals surface area contributed by atoms with Gasteiger partial charge in [0.05, 0.1) is 5.56 Å². The third-order valence-electron chi connectivity index (χ3n) is 2.73. The summed E-state index contributed by atoms with van der Waals surface area (Å²) in [6, 6.07) is 5.44. The number of hydrogen-bond donors (Lipinski definition) is 1. The molecule has 0 atom stereocenters. The molecule has 0 spiro atoms. The van der Waals surface area contributed by atoms with Crippen LogP contribution < -0.4 is 0 Å². The Labute approximate surface area is 93.4 Å². The van der Waals surface area contributed by atoms with Crippen molar-refractivity contribution in [2.75, 3.05) is 13.1 Å². The highest BCUT2D eigenvalue weighted by Crippen LogP contribution is 2.20. The minimum absolute atomic E-state index is 0.416. The molecular formula is C11H12ClNO2. The summed E-state index contributed by atoms with van der Waals surface area (Å²) < 4.78 is 1.71. The molecule has 0 fully saturated rings. The molecule has 0 bridgehead atoms. The lowest BCUT2D eigenvalue weighted by Crippen LogP contribution is -2.15. The fraction of sp³-hybridized carbons (Fsp3) is 0.364. The van der Waals surface area contributed by atoms with Crippen LogP contribution in [0.5, 0.6) is 0 Å². The van der Waals surface area contributed by atoms with E-state index in [0.29, 0.717) is 18.5 Å². The van der Waals surface area contributed by atoms with Gasteiger partial charge in [0.2, 0.25) is 0 Å². The van der Waals surface area contributed by atoms with E-state index in [1.165, 1.54) is 0 Å². The van der Waals surface area contributed by atoms with E-state index in [2.05, 4.69) is 0 Å². The molecule has 0 saturated carbocycles. The van der Waals surface area contributed by atoms with Crippen molar-refractivity contribution in [3.05, 3.63) is 34.9 Å². The van der Waals surface area contributed by atoms with Gasteiger partial charge >= 0.3 is 5.97 Å². The van der Waals surface area contributed by atoms with Gasteiger partial charge in [-0.15, -0.1) is 0 Å². The highest BCUT2D eigenvalue weighted by molar-refractivity contribution is 6.13. The minimum Gasteiger partial charge on any atom is -0.478 e. The Balaban J connectivity index is 2.42. The molecule has 3 nitrogen and oxygen atoms in total. The van der Waals surface area contributed by atoms with Gasteiger partial charge in [-0.25, -0.2) is 9.21 Å². The summed E-state index contributed by atoms with van der Waals surface area (Å²) in [7, 11) is 0. The molecule has 0 amide bonds. The van der Waals surface area contributed by atoms with Crippen LogP contribution in [0.1, 0.15) is 21.5 Å². The lowest BCUT2D eigenvalue weighted by molar-refractivity contribution is 0.0695. The SMILES string of the molecule is O=C(O)c1cccc2c1CCN(Cl)CC2. The molecular weight excluding hydrogens is 214 g/mol. The van der Waals surface area contributed by atoms with Crippen LogP contribution in [0, 0.1) is 0 Å². The van der Waals surface area contributed by atoms with E-state index in [-0.39, 0.29) is 0 Å². The fourth-order valence-corrected chi connectivity index (χ4v) is 2.12. The minimum atomic E-state index is -0.852. The Morgan fingerprint density at radius 1 is 1.33 bits per heavy atom. The number of carboxylic acids is 1. The van der Waals surface area contributed by atoms with Crippen molar-refractivity contribution in [2.45, 2.75) is 12.8 Å². The van der Waals surface area contributed by atoms with Gasteiger partial charge in [0.1, 0.15) is 0 Å². The third kappa shape index (κ3) is 2.13. The molecule has 1 N–H and O–H groups in total. The number of rotatable bonds is 1. The van der Waals surface area contributed by atoms with Crippen LogP contribution in [0.15, 0.2) is 18.2 Å². The van der Waals surface area contributed by atoms with Crippen molar-refractivity contribution >= 4 is 17.7 Å². The van der Waals surface area contributed by atoms with E-state index in [9.17, 15) is 4.79 Å². The lowest BCUT2D eigenvalue weighted by Gasteiger charge is -2.08. The maximum atomic E-state index is 11.0. The first-order chi connectivity index (χ1) is 7.18. The van der Waals surface area contributed by atoms with Crippen molar-refractivity contribution in [1.29, 1.82) is 0 Å². The van der Waals surface area contributed by atoms with Crippen LogP contribution in [-0.2, 0) is 12.8 Å². The molecule has 0 saturated heterocycles. The Kier molecular flexibility index (Phi) is 2.93. The first-order valence-corrected chi connectivity index (χ1v) is 5.27. The number of aromatic carboxylic acids is 1. The lowest BCUT2D eigenvalue weighted by atomic mass is 9.97. The van der Waals surface area contributed by atoms with E-state index in [4.69, 9.17) is 16.9 Å². The number of hydrogen-bond acceptors (Lipinski definition) is 2. The van der Waals surface area contributed by atoms with Crippen molar-refractivity contribution < 1.29 is 9.90 Å². The van der Waals surface area contributed by atoms with Gasteiger partial charge < -0.3 is 5.11 Å². The molecule has 1 aliphatic rings. The summed E-state index contributed by atoms with van der Waals surface area (Å²) >= 11 is 5.93. The normalized spacial score (nSPS) is 16.9. The first kappa shape index (κ1) is 10.5. The number of halogens is 1. The highest BCUT2D eigenvalue weighted by atomic mass is 35.5. The zero-order valence-corrected chi connectivity index (χ0v) is 9.00. The van der Waals surface area contributed by atoms with Crippen LogP contribution >= 0.6 is 11.8 Å². The molecule has 80 valence electrons. The topological polar surface area (TPSA) is 40.5 Å². The molecule has 0 radical (unpaired) electrons. The zero-order valence-electron chi connectivity index (χ0n) is 8.24. The molecule has 0 aromatic heterocycles. The summed E-state index contributed by atoms with van der Waals surface area (Å²) in [6.07, 6.45) is 1.53. The molecule has 1 aliphatic heterocycles. The van der Waals surface area contributed by atoms with E-state index < -0.39 is 5.97 Å². The molecule has 1 heterocycles. The first-order valence-electron chi connectivity index (χ1n) is 4.93. The van der Waals surface area contributed by atoms with Crippen molar-refractivity contribution in [2.24, 2.45) is 0 Å². The van der Waals surface area contributed by atoms with Crippen LogP contribution in [0.25, 0.3) is 0 Å². The molecule has 15 heavy (non-hydrogen) atoms. The number of carboxylic acid groups (broad SMARTS) is 1. The third-order valence-corrected chi connectivity index (χ3v) is 3.07. The van der Waals surface area contributed by atoms with Crippen LogP contribution in [0.2, 0.25) is 0 Å². The van der Waals surface area contributed by atoms with E-state index in [1.807, 2.05) is 6.07 Å². The van der Waals surface area contributed by atoms with Gasteiger partial charge in [0.25, 0.3) is 0 Å². The van der Waals surface area contributed by atoms with Gasteiger partial charge in [-0.1, -0.05) is 12.1 Å². The Bertz CT molecular complexity index is 392. The fourth-order valence-electron chi connectivity index (χ4n) is 1.95. The quantitative estimate of drug-likeness (QED) is 0.743. The Hall–Kier alpha value is -1.06. The van der Waals surface area contributed by atoms with Crippen molar-refractivity contribution in [1.82, 2.24) is 4.42 Å². The van der Waals surface area contributed by atoms with Crippen LogP contribution in [0.4, 0.5) is 0 Å². The number of benzene rings is 1. The standard InChI is InChI=1S/C11H12ClNO2/c12-13-6-4-8-2-1-3-10(11(14)15)9(8)5-7-13/h1-3H,4-7H2,(H,14,15). The van der Waals surface area contributed by atoms with Gasteiger partial charge in [-0.05, 0) is 41.8 Å². The largest absolute Gasteiger partial charge is 0.478 e. The molecule has 0 unspecified atom stereocenters. The average molecular weight is 226 g/mol. The monoisotopic (exact) mass is 225 g/mol. The second-order valence-corrected chi connectivity index (χ2v) is 4.14.